The van der Waals surface area contributed by atoms with E-state index >= 15 is 0 Å². The molecule has 19 heavy (non-hydrogen) atoms. The molecule has 2 rings (SSSR count). The van der Waals surface area contributed by atoms with Gasteiger partial charge in [0.2, 0.25) is 0 Å². The van der Waals surface area contributed by atoms with Crippen molar-refractivity contribution in [3.05, 3.63) is 35.4 Å². The van der Waals surface area contributed by atoms with E-state index in [0.29, 0.717) is 6.61 Å². The number of hydrogen-bond acceptors (Lipinski definition) is 2. The molecule has 1 aliphatic carbocycles. The predicted molar refractivity (Wildman–Crippen MR) is 64.5 cm³/mol. The number of aliphatic hydroxyl groups excluding tert-OH is 1. The third kappa shape index (κ3) is 3.48. The number of halogens is 3. The molecule has 2 nitrogen and oxygen atoms in total. The average molecular weight is 274 g/mol. The maximum absolute atomic E-state index is 12.6. The van der Waals surface area contributed by atoms with Crippen molar-refractivity contribution in [3.63, 3.8) is 0 Å². The van der Waals surface area contributed by atoms with E-state index < -0.39 is 23.9 Å². The highest BCUT2D eigenvalue weighted by molar-refractivity contribution is 5.28. The first-order valence-electron chi connectivity index (χ1n) is 6.40. The van der Waals surface area contributed by atoms with Gasteiger partial charge in [-0.05, 0) is 43.4 Å². The number of alkyl halides is 3. The Labute approximate surface area is 110 Å². The molecule has 1 fully saturated rings. The summed E-state index contributed by atoms with van der Waals surface area (Å²) in [7, 11) is 0. The Morgan fingerprint density at radius 1 is 1.37 bits per heavy atom. The van der Waals surface area contributed by atoms with Gasteiger partial charge in [-0.25, -0.2) is 0 Å². The SMILES string of the molecule is CCOC(C1CC1)C(O)c1cccc(C(F)(F)F)c1. The second kappa shape index (κ2) is 5.51. The first-order chi connectivity index (χ1) is 8.93. The first-order valence-corrected chi connectivity index (χ1v) is 6.40. The molecular weight excluding hydrogens is 257 g/mol. The fraction of sp³-hybridized carbons (Fsp3) is 0.571. The Bertz CT molecular complexity index is 427. The third-order valence-corrected chi connectivity index (χ3v) is 3.31. The summed E-state index contributed by atoms with van der Waals surface area (Å²) in [6.45, 7) is 2.26. The lowest BCUT2D eigenvalue weighted by Crippen LogP contribution is -2.25. The van der Waals surface area contributed by atoms with Crippen LogP contribution < -0.4 is 0 Å². The molecule has 0 spiro atoms. The summed E-state index contributed by atoms with van der Waals surface area (Å²) >= 11 is 0. The predicted octanol–water partition coefficient (Wildman–Crippen LogP) is 3.55. The standard InChI is InChI=1S/C14H17F3O2/c1-2-19-13(9-6-7-9)12(18)10-4-3-5-11(8-10)14(15,16)17/h3-5,8-9,12-13,18H,2,6-7H2,1H3. The zero-order valence-corrected chi connectivity index (χ0v) is 10.7. The monoisotopic (exact) mass is 274 g/mol. The number of benzene rings is 1. The van der Waals surface area contributed by atoms with Crippen LogP contribution in [0.3, 0.4) is 0 Å². The van der Waals surface area contributed by atoms with Crippen LogP contribution >= 0.6 is 0 Å². The fourth-order valence-electron chi connectivity index (χ4n) is 2.19. The highest BCUT2D eigenvalue weighted by Gasteiger charge is 2.38. The minimum absolute atomic E-state index is 0.254. The summed E-state index contributed by atoms with van der Waals surface area (Å²) in [6.07, 6.45) is -3.89. The molecule has 1 aromatic rings. The van der Waals surface area contributed by atoms with Crippen LogP contribution in [0.25, 0.3) is 0 Å². The summed E-state index contributed by atoms with van der Waals surface area (Å²) in [5.74, 6) is 0.254. The lowest BCUT2D eigenvalue weighted by molar-refractivity contribution is -0.137. The molecule has 0 saturated heterocycles. The molecule has 1 saturated carbocycles. The number of rotatable bonds is 5. The van der Waals surface area contributed by atoms with Gasteiger partial charge in [0.1, 0.15) is 6.10 Å². The Balaban J connectivity index is 2.20. The molecule has 0 bridgehead atoms. The Kier molecular flexibility index (Phi) is 4.16. The quantitative estimate of drug-likeness (QED) is 0.889. The molecule has 1 aliphatic rings. The minimum atomic E-state index is -4.39. The van der Waals surface area contributed by atoms with E-state index in [2.05, 4.69) is 0 Å². The van der Waals surface area contributed by atoms with Crippen LogP contribution in [-0.4, -0.2) is 17.8 Å². The van der Waals surface area contributed by atoms with Crippen molar-refractivity contribution in [2.24, 2.45) is 5.92 Å². The second-order valence-corrected chi connectivity index (χ2v) is 4.83. The van der Waals surface area contributed by atoms with Gasteiger partial charge < -0.3 is 9.84 Å². The number of ether oxygens (including phenoxy) is 1. The van der Waals surface area contributed by atoms with Crippen LogP contribution in [0, 0.1) is 5.92 Å². The summed E-state index contributed by atoms with van der Waals surface area (Å²) in [6, 6.07) is 4.83. The van der Waals surface area contributed by atoms with E-state index in [-0.39, 0.29) is 11.5 Å². The molecule has 1 N–H and O–H groups in total. The molecule has 1 aromatic carbocycles. The molecular formula is C14H17F3O2. The van der Waals surface area contributed by atoms with Gasteiger partial charge in [0.25, 0.3) is 0 Å². The van der Waals surface area contributed by atoms with Crippen molar-refractivity contribution < 1.29 is 23.0 Å². The molecule has 2 atom stereocenters. The van der Waals surface area contributed by atoms with Crippen molar-refractivity contribution in [1.29, 1.82) is 0 Å². The van der Waals surface area contributed by atoms with E-state index in [1.54, 1.807) is 0 Å². The largest absolute Gasteiger partial charge is 0.416 e. The smallest absolute Gasteiger partial charge is 0.386 e. The van der Waals surface area contributed by atoms with Gasteiger partial charge in [-0.3, -0.25) is 0 Å². The van der Waals surface area contributed by atoms with E-state index in [1.165, 1.54) is 12.1 Å². The van der Waals surface area contributed by atoms with Crippen molar-refractivity contribution in [1.82, 2.24) is 0 Å². The first kappa shape index (κ1) is 14.3. The summed E-state index contributed by atoms with van der Waals surface area (Å²) in [4.78, 5) is 0. The van der Waals surface area contributed by atoms with Gasteiger partial charge in [-0.15, -0.1) is 0 Å². The zero-order chi connectivity index (χ0) is 14.0. The Morgan fingerprint density at radius 3 is 2.58 bits per heavy atom. The van der Waals surface area contributed by atoms with Crippen molar-refractivity contribution in [3.8, 4) is 0 Å². The number of aliphatic hydroxyl groups is 1. The zero-order valence-electron chi connectivity index (χ0n) is 10.7. The van der Waals surface area contributed by atoms with Gasteiger partial charge in [-0.2, -0.15) is 13.2 Å². The molecule has 0 heterocycles. The minimum Gasteiger partial charge on any atom is -0.386 e. The van der Waals surface area contributed by atoms with Crippen molar-refractivity contribution in [2.45, 2.75) is 38.1 Å². The van der Waals surface area contributed by atoms with E-state index in [1.807, 2.05) is 6.92 Å². The van der Waals surface area contributed by atoms with Crippen LogP contribution in [0.5, 0.6) is 0 Å². The van der Waals surface area contributed by atoms with Crippen molar-refractivity contribution >= 4 is 0 Å². The lowest BCUT2D eigenvalue weighted by Gasteiger charge is -2.23. The molecule has 0 radical (unpaired) electrons. The molecule has 0 aliphatic heterocycles. The lowest BCUT2D eigenvalue weighted by atomic mass is 9.99. The second-order valence-electron chi connectivity index (χ2n) is 4.83. The van der Waals surface area contributed by atoms with Crippen LogP contribution in [0.4, 0.5) is 13.2 Å². The van der Waals surface area contributed by atoms with Crippen LogP contribution in [0.2, 0.25) is 0 Å². The maximum atomic E-state index is 12.6. The van der Waals surface area contributed by atoms with Crippen LogP contribution in [0.15, 0.2) is 24.3 Å². The normalized spacial score (nSPS) is 19.2. The van der Waals surface area contributed by atoms with Gasteiger partial charge in [0.05, 0.1) is 11.7 Å². The Hall–Kier alpha value is -1.07. The molecule has 2 unspecified atom stereocenters. The van der Waals surface area contributed by atoms with Crippen molar-refractivity contribution in [2.75, 3.05) is 6.61 Å². The Morgan fingerprint density at radius 2 is 2.05 bits per heavy atom. The van der Waals surface area contributed by atoms with E-state index in [9.17, 15) is 18.3 Å². The molecule has 106 valence electrons. The van der Waals surface area contributed by atoms with E-state index in [0.717, 1.165) is 25.0 Å². The van der Waals surface area contributed by atoms with Gasteiger partial charge in [0, 0.05) is 6.61 Å². The molecule has 0 aromatic heterocycles. The summed E-state index contributed by atoms with van der Waals surface area (Å²) in [5, 5.41) is 10.2. The van der Waals surface area contributed by atoms with Crippen LogP contribution in [0.1, 0.15) is 37.0 Å². The van der Waals surface area contributed by atoms with Crippen LogP contribution in [-0.2, 0) is 10.9 Å². The summed E-state index contributed by atoms with van der Waals surface area (Å²) in [5.41, 5.74) is -0.477. The van der Waals surface area contributed by atoms with Gasteiger partial charge in [-0.1, -0.05) is 12.1 Å². The average Bonchev–Trinajstić information content (AvgIpc) is 3.18. The highest BCUT2D eigenvalue weighted by Crippen LogP contribution is 2.40. The van der Waals surface area contributed by atoms with Gasteiger partial charge >= 0.3 is 6.18 Å². The third-order valence-electron chi connectivity index (χ3n) is 3.31. The highest BCUT2D eigenvalue weighted by atomic mass is 19.4. The van der Waals surface area contributed by atoms with E-state index in [4.69, 9.17) is 4.74 Å². The molecule has 0 amide bonds. The fourth-order valence-corrected chi connectivity index (χ4v) is 2.19. The number of hydrogen-bond donors (Lipinski definition) is 1. The maximum Gasteiger partial charge on any atom is 0.416 e. The van der Waals surface area contributed by atoms with Gasteiger partial charge in [0.15, 0.2) is 0 Å². The summed E-state index contributed by atoms with van der Waals surface area (Å²) < 4.78 is 43.4. The molecule has 5 heteroatoms. The topological polar surface area (TPSA) is 29.5 Å².